The van der Waals surface area contributed by atoms with Crippen LogP contribution in [-0.4, -0.2) is 32.6 Å². The van der Waals surface area contributed by atoms with Gasteiger partial charge in [-0.05, 0) is 25.0 Å². The summed E-state index contributed by atoms with van der Waals surface area (Å²) in [7, 11) is 3.06. The number of benzene rings is 1. The molecule has 0 saturated heterocycles. The Bertz CT molecular complexity index is 396. The average Bonchev–Trinajstić information content (AvgIpc) is 2.42. The number of nitrogens with one attached hydrogen (secondary N) is 1. The Balaban J connectivity index is 2.72. The van der Waals surface area contributed by atoms with Crippen LogP contribution >= 0.6 is 11.6 Å². The van der Waals surface area contributed by atoms with Gasteiger partial charge in [-0.1, -0.05) is 6.07 Å². The van der Waals surface area contributed by atoms with Gasteiger partial charge >= 0.3 is 0 Å². The van der Waals surface area contributed by atoms with Crippen LogP contribution in [0, 0.1) is 0 Å². The molecule has 1 rings (SSSR count). The second-order valence-corrected chi connectivity index (χ2v) is 4.07. The van der Waals surface area contributed by atoms with Crippen molar-refractivity contribution in [3.8, 4) is 11.5 Å². The predicted molar refractivity (Wildman–Crippen MR) is 71.8 cm³/mol. The zero-order valence-electron chi connectivity index (χ0n) is 10.7. The maximum Gasteiger partial charge on any atom is 0.255 e. The number of amides is 1. The molecule has 0 saturated carbocycles. The van der Waals surface area contributed by atoms with Gasteiger partial charge in [0.25, 0.3) is 5.91 Å². The zero-order chi connectivity index (χ0) is 13.4. The third-order valence-corrected chi connectivity index (χ3v) is 2.76. The van der Waals surface area contributed by atoms with Crippen molar-refractivity contribution in [2.24, 2.45) is 0 Å². The van der Waals surface area contributed by atoms with Crippen LogP contribution in [0.4, 0.5) is 0 Å². The Labute approximate surface area is 112 Å². The van der Waals surface area contributed by atoms with Crippen molar-refractivity contribution in [2.45, 2.75) is 12.8 Å². The Morgan fingerprint density at radius 3 is 2.67 bits per heavy atom. The molecule has 0 bridgehead atoms. The molecule has 0 aliphatic heterocycles. The van der Waals surface area contributed by atoms with Crippen LogP contribution in [0.1, 0.15) is 23.2 Å². The molecule has 0 aromatic heterocycles. The van der Waals surface area contributed by atoms with Gasteiger partial charge in [0.05, 0.1) is 19.8 Å². The summed E-state index contributed by atoms with van der Waals surface area (Å²) in [4.78, 5) is 12.0. The molecule has 0 atom stereocenters. The first kappa shape index (κ1) is 14.6. The molecule has 1 aromatic carbocycles. The molecule has 1 N–H and O–H groups in total. The maximum absolute atomic E-state index is 12.0. The molecule has 0 aliphatic carbocycles. The van der Waals surface area contributed by atoms with Gasteiger partial charge in [-0.15, -0.1) is 11.6 Å². The molecule has 1 amide bonds. The summed E-state index contributed by atoms with van der Waals surface area (Å²) in [6, 6.07) is 5.22. The summed E-state index contributed by atoms with van der Waals surface area (Å²) in [5.41, 5.74) is 0.475. The topological polar surface area (TPSA) is 47.6 Å². The molecule has 0 radical (unpaired) electrons. The van der Waals surface area contributed by atoms with E-state index in [-0.39, 0.29) is 5.91 Å². The molecule has 0 unspecified atom stereocenters. The number of hydrogen-bond donors (Lipinski definition) is 1. The maximum atomic E-state index is 12.0. The lowest BCUT2D eigenvalue weighted by atomic mass is 10.1. The molecule has 0 heterocycles. The minimum Gasteiger partial charge on any atom is -0.493 e. The van der Waals surface area contributed by atoms with Crippen molar-refractivity contribution in [1.82, 2.24) is 5.32 Å². The number of hydrogen-bond acceptors (Lipinski definition) is 3. The molecule has 0 aliphatic rings. The lowest BCUT2D eigenvalue weighted by Crippen LogP contribution is -2.25. The summed E-state index contributed by atoms with van der Waals surface area (Å²) in [6.07, 6.45) is 1.75. The number of ether oxygens (including phenoxy) is 2. The molecule has 100 valence electrons. The third kappa shape index (κ3) is 3.81. The highest BCUT2D eigenvalue weighted by Crippen LogP contribution is 2.30. The fraction of sp³-hybridized carbons (Fsp3) is 0.462. The second kappa shape index (κ2) is 7.82. The number of para-hydroxylation sites is 1. The smallest absolute Gasteiger partial charge is 0.255 e. The lowest BCUT2D eigenvalue weighted by molar-refractivity contribution is 0.0949. The molecular weight excluding hydrogens is 254 g/mol. The second-order valence-electron chi connectivity index (χ2n) is 3.69. The number of rotatable bonds is 7. The fourth-order valence-electron chi connectivity index (χ4n) is 1.58. The fourth-order valence-corrected chi connectivity index (χ4v) is 1.77. The largest absolute Gasteiger partial charge is 0.493 e. The third-order valence-electron chi connectivity index (χ3n) is 2.49. The van der Waals surface area contributed by atoms with Crippen LogP contribution in [0.2, 0.25) is 0 Å². The quantitative estimate of drug-likeness (QED) is 0.612. The first-order chi connectivity index (χ1) is 8.74. The molecule has 0 fully saturated rings. The summed E-state index contributed by atoms with van der Waals surface area (Å²) >= 11 is 5.57. The van der Waals surface area contributed by atoms with Gasteiger partial charge in [0.1, 0.15) is 0 Å². The molecular formula is C13H18ClNO3. The van der Waals surface area contributed by atoms with Crippen LogP contribution in [0.15, 0.2) is 18.2 Å². The summed E-state index contributed by atoms with van der Waals surface area (Å²) < 4.78 is 10.4. The summed E-state index contributed by atoms with van der Waals surface area (Å²) in [5, 5.41) is 2.83. The SMILES string of the molecule is COc1cccc(C(=O)NCCCCCl)c1OC. The van der Waals surface area contributed by atoms with Crippen molar-refractivity contribution in [3.05, 3.63) is 23.8 Å². The first-order valence-corrected chi connectivity index (χ1v) is 6.33. The van der Waals surface area contributed by atoms with Gasteiger partial charge < -0.3 is 14.8 Å². The van der Waals surface area contributed by atoms with E-state index in [0.717, 1.165) is 12.8 Å². The van der Waals surface area contributed by atoms with E-state index < -0.39 is 0 Å². The van der Waals surface area contributed by atoms with Crippen LogP contribution < -0.4 is 14.8 Å². The van der Waals surface area contributed by atoms with Crippen LogP contribution in [0.3, 0.4) is 0 Å². The van der Waals surface area contributed by atoms with E-state index in [9.17, 15) is 4.79 Å². The predicted octanol–water partition coefficient (Wildman–Crippen LogP) is 2.45. The highest BCUT2D eigenvalue weighted by molar-refractivity contribution is 6.17. The van der Waals surface area contributed by atoms with Gasteiger partial charge in [-0.2, -0.15) is 0 Å². The number of methoxy groups -OCH3 is 2. The van der Waals surface area contributed by atoms with Gasteiger partial charge in [0.2, 0.25) is 0 Å². The molecule has 4 nitrogen and oxygen atoms in total. The van der Waals surface area contributed by atoms with Crippen molar-refractivity contribution >= 4 is 17.5 Å². The standard InChI is InChI=1S/C13H18ClNO3/c1-17-11-7-5-6-10(12(11)18-2)13(16)15-9-4-3-8-14/h5-7H,3-4,8-9H2,1-2H3,(H,15,16). The van der Waals surface area contributed by atoms with Crippen molar-refractivity contribution in [2.75, 3.05) is 26.6 Å². The van der Waals surface area contributed by atoms with Crippen molar-refractivity contribution in [3.63, 3.8) is 0 Å². The van der Waals surface area contributed by atoms with Gasteiger partial charge in [0.15, 0.2) is 11.5 Å². The van der Waals surface area contributed by atoms with Crippen molar-refractivity contribution < 1.29 is 14.3 Å². The van der Waals surface area contributed by atoms with Gasteiger partial charge in [-0.3, -0.25) is 4.79 Å². The normalized spacial score (nSPS) is 9.94. The van der Waals surface area contributed by atoms with Gasteiger partial charge in [0, 0.05) is 12.4 Å². The van der Waals surface area contributed by atoms with E-state index in [4.69, 9.17) is 21.1 Å². The number of carbonyl (C=O) groups is 1. The van der Waals surface area contributed by atoms with E-state index in [1.54, 1.807) is 25.3 Å². The van der Waals surface area contributed by atoms with Crippen LogP contribution in [0.5, 0.6) is 11.5 Å². The first-order valence-electron chi connectivity index (χ1n) is 5.79. The monoisotopic (exact) mass is 271 g/mol. The minimum atomic E-state index is -0.166. The number of halogens is 1. The number of alkyl halides is 1. The molecule has 18 heavy (non-hydrogen) atoms. The molecule has 1 aromatic rings. The van der Waals surface area contributed by atoms with Gasteiger partial charge in [-0.25, -0.2) is 0 Å². The Morgan fingerprint density at radius 2 is 2.06 bits per heavy atom. The van der Waals surface area contributed by atoms with E-state index in [2.05, 4.69) is 5.32 Å². The summed E-state index contributed by atoms with van der Waals surface area (Å²) in [5.74, 6) is 1.44. The van der Waals surface area contributed by atoms with Crippen LogP contribution in [-0.2, 0) is 0 Å². The molecule has 0 spiro atoms. The average molecular weight is 272 g/mol. The Kier molecular flexibility index (Phi) is 6.36. The van der Waals surface area contributed by atoms with E-state index >= 15 is 0 Å². The number of unbranched alkanes of at least 4 members (excludes halogenated alkanes) is 1. The van der Waals surface area contributed by atoms with Crippen molar-refractivity contribution in [1.29, 1.82) is 0 Å². The van der Waals surface area contributed by atoms with E-state index in [0.29, 0.717) is 29.5 Å². The summed E-state index contributed by atoms with van der Waals surface area (Å²) in [6.45, 7) is 0.603. The highest BCUT2D eigenvalue weighted by Gasteiger charge is 2.15. The van der Waals surface area contributed by atoms with Crippen LogP contribution in [0.25, 0.3) is 0 Å². The zero-order valence-corrected chi connectivity index (χ0v) is 11.4. The molecule has 5 heteroatoms. The Hall–Kier alpha value is -1.42. The Morgan fingerprint density at radius 1 is 1.28 bits per heavy atom. The minimum absolute atomic E-state index is 0.166. The highest BCUT2D eigenvalue weighted by atomic mass is 35.5. The van der Waals surface area contributed by atoms with E-state index in [1.165, 1.54) is 7.11 Å². The number of carbonyl (C=O) groups excluding carboxylic acids is 1. The van der Waals surface area contributed by atoms with E-state index in [1.807, 2.05) is 0 Å². The lowest BCUT2D eigenvalue weighted by Gasteiger charge is -2.12.